The van der Waals surface area contributed by atoms with Gasteiger partial charge in [-0.3, -0.25) is 24.4 Å². The first kappa shape index (κ1) is 20.6. The number of carbonyl (C=O) groups is 2. The molecular formula is C19H24N4O6. The van der Waals surface area contributed by atoms with Gasteiger partial charge in [0.15, 0.2) is 5.58 Å². The van der Waals surface area contributed by atoms with Gasteiger partial charge in [0.05, 0.1) is 10.4 Å². The van der Waals surface area contributed by atoms with Crippen molar-refractivity contribution in [2.45, 2.75) is 58.0 Å². The van der Waals surface area contributed by atoms with E-state index in [0.29, 0.717) is 24.8 Å². The van der Waals surface area contributed by atoms with E-state index >= 15 is 0 Å². The lowest BCUT2D eigenvalue weighted by molar-refractivity contribution is -0.384. The van der Waals surface area contributed by atoms with Crippen LogP contribution in [-0.2, 0) is 11.3 Å². The minimum Gasteiger partial charge on any atom is -0.408 e. The third-order valence-electron chi connectivity index (χ3n) is 5.22. The lowest BCUT2D eigenvalue weighted by Crippen LogP contribution is -2.46. The summed E-state index contributed by atoms with van der Waals surface area (Å²) < 4.78 is 6.40. The Hall–Kier alpha value is -3.17. The van der Waals surface area contributed by atoms with Crippen molar-refractivity contribution in [1.82, 2.24) is 14.8 Å². The highest BCUT2D eigenvalue weighted by Gasteiger charge is 2.49. The molecule has 1 aromatic heterocycles. The van der Waals surface area contributed by atoms with Gasteiger partial charge in [-0.25, -0.2) is 9.59 Å². The predicted octanol–water partition coefficient (Wildman–Crippen LogP) is 2.78. The Morgan fingerprint density at radius 2 is 1.83 bits per heavy atom. The first-order valence-corrected chi connectivity index (χ1v) is 9.75. The van der Waals surface area contributed by atoms with Crippen molar-refractivity contribution in [3.63, 3.8) is 0 Å². The quantitative estimate of drug-likeness (QED) is 0.389. The molecule has 1 saturated heterocycles. The van der Waals surface area contributed by atoms with Crippen molar-refractivity contribution in [2.75, 3.05) is 6.54 Å². The number of urea groups is 1. The number of nitrogens with zero attached hydrogens (tertiary/aromatic N) is 3. The van der Waals surface area contributed by atoms with Crippen molar-refractivity contribution in [2.24, 2.45) is 0 Å². The molecule has 3 amide bonds. The number of carbonyl (C=O) groups excluding carboxylic acids is 2. The van der Waals surface area contributed by atoms with E-state index < -0.39 is 22.2 Å². The van der Waals surface area contributed by atoms with E-state index in [4.69, 9.17) is 4.42 Å². The minimum atomic E-state index is -0.847. The number of nitro groups is 1. The molecule has 0 radical (unpaired) electrons. The van der Waals surface area contributed by atoms with Crippen LogP contribution in [0.3, 0.4) is 0 Å². The van der Waals surface area contributed by atoms with Gasteiger partial charge in [-0.2, -0.15) is 0 Å². The molecular weight excluding hydrogens is 380 g/mol. The number of nitrogens with one attached hydrogen (secondary N) is 1. The lowest BCUT2D eigenvalue weighted by atomic mass is 9.88. The Labute approximate surface area is 166 Å². The Morgan fingerprint density at radius 1 is 1.14 bits per heavy atom. The Bertz CT molecular complexity index is 1000. The summed E-state index contributed by atoms with van der Waals surface area (Å²) in [6.45, 7) is 4.25. The Kier molecular flexibility index (Phi) is 5.71. The molecule has 1 aromatic carbocycles. The van der Waals surface area contributed by atoms with Crippen LogP contribution in [0.25, 0.3) is 11.1 Å². The number of aromatic nitrogens is 1. The van der Waals surface area contributed by atoms with E-state index in [1.54, 1.807) is 0 Å². The van der Waals surface area contributed by atoms with Crippen LogP contribution in [0.1, 0.15) is 46.0 Å². The first-order chi connectivity index (χ1) is 13.8. The fourth-order valence-corrected chi connectivity index (χ4v) is 3.96. The lowest BCUT2D eigenvalue weighted by Gasteiger charge is -2.25. The number of amides is 3. The van der Waals surface area contributed by atoms with E-state index in [1.165, 1.54) is 27.7 Å². The summed E-state index contributed by atoms with van der Waals surface area (Å²) >= 11 is 0. The summed E-state index contributed by atoms with van der Waals surface area (Å²) in [5, 5.41) is 13.8. The maximum Gasteiger partial charge on any atom is 0.419 e. The molecule has 10 nitrogen and oxygen atoms in total. The predicted molar refractivity (Wildman–Crippen MR) is 105 cm³/mol. The second-order valence-electron chi connectivity index (χ2n) is 7.25. The fraction of sp³-hybridized carbons (Fsp3) is 0.526. The summed E-state index contributed by atoms with van der Waals surface area (Å²) in [6, 6.07) is 3.51. The Morgan fingerprint density at radius 3 is 2.45 bits per heavy atom. The number of imide groups is 1. The SMILES string of the molecule is CCCC1(CCC)NC(=O)N(CCCn2c(=O)oc3ccc([N+](=O)[O-])cc32)C1=O. The third-order valence-corrected chi connectivity index (χ3v) is 5.22. The van der Waals surface area contributed by atoms with E-state index in [9.17, 15) is 24.5 Å². The monoisotopic (exact) mass is 404 g/mol. The zero-order valence-corrected chi connectivity index (χ0v) is 16.5. The molecule has 10 heteroatoms. The van der Waals surface area contributed by atoms with Gasteiger partial charge < -0.3 is 9.73 Å². The Balaban J connectivity index is 1.74. The van der Waals surface area contributed by atoms with Gasteiger partial charge in [-0.15, -0.1) is 0 Å². The molecule has 156 valence electrons. The van der Waals surface area contributed by atoms with Gasteiger partial charge in [-0.1, -0.05) is 26.7 Å². The number of oxazole rings is 1. The molecule has 0 bridgehead atoms. The molecule has 2 aromatic rings. The number of hydrogen-bond acceptors (Lipinski definition) is 6. The van der Waals surface area contributed by atoms with Gasteiger partial charge in [0.25, 0.3) is 11.6 Å². The third kappa shape index (κ3) is 3.74. The van der Waals surface area contributed by atoms with Crippen LogP contribution in [0.4, 0.5) is 10.5 Å². The second kappa shape index (κ2) is 8.06. The number of hydrogen-bond donors (Lipinski definition) is 1. The molecule has 29 heavy (non-hydrogen) atoms. The van der Waals surface area contributed by atoms with Crippen LogP contribution in [0, 0.1) is 10.1 Å². The van der Waals surface area contributed by atoms with Gasteiger partial charge in [0.1, 0.15) is 5.54 Å². The second-order valence-corrected chi connectivity index (χ2v) is 7.25. The largest absolute Gasteiger partial charge is 0.419 e. The minimum absolute atomic E-state index is 0.147. The summed E-state index contributed by atoms with van der Waals surface area (Å²) in [7, 11) is 0. The van der Waals surface area contributed by atoms with E-state index in [2.05, 4.69) is 5.32 Å². The maximum absolute atomic E-state index is 12.9. The first-order valence-electron chi connectivity index (χ1n) is 9.75. The number of benzene rings is 1. The average molecular weight is 404 g/mol. The summed E-state index contributed by atoms with van der Waals surface area (Å²) in [4.78, 5) is 49.0. The number of aryl methyl sites for hydroxylation is 1. The van der Waals surface area contributed by atoms with Gasteiger partial charge in [0, 0.05) is 25.2 Å². The zero-order valence-electron chi connectivity index (χ0n) is 16.5. The van der Waals surface area contributed by atoms with Crippen LogP contribution >= 0.6 is 0 Å². The molecule has 0 atom stereocenters. The molecule has 1 N–H and O–H groups in total. The molecule has 0 aliphatic carbocycles. The molecule has 0 saturated carbocycles. The van der Waals surface area contributed by atoms with Crippen molar-refractivity contribution in [3.05, 3.63) is 38.9 Å². The summed E-state index contributed by atoms with van der Waals surface area (Å²) in [6.07, 6.45) is 3.03. The molecule has 0 unspecified atom stereocenters. The zero-order chi connectivity index (χ0) is 21.2. The normalized spacial score (nSPS) is 15.9. The molecule has 1 fully saturated rings. The van der Waals surface area contributed by atoms with Crippen molar-refractivity contribution >= 4 is 28.7 Å². The van der Waals surface area contributed by atoms with Gasteiger partial charge >= 0.3 is 11.8 Å². The van der Waals surface area contributed by atoms with Crippen LogP contribution in [0.5, 0.6) is 0 Å². The fourth-order valence-electron chi connectivity index (χ4n) is 3.96. The topological polar surface area (TPSA) is 128 Å². The molecule has 0 spiro atoms. The number of non-ortho nitro benzene ring substituents is 1. The van der Waals surface area contributed by atoms with Crippen molar-refractivity contribution in [3.8, 4) is 0 Å². The molecule has 3 rings (SSSR count). The van der Waals surface area contributed by atoms with Crippen molar-refractivity contribution in [1.29, 1.82) is 0 Å². The van der Waals surface area contributed by atoms with Crippen LogP contribution in [0.15, 0.2) is 27.4 Å². The van der Waals surface area contributed by atoms with E-state index in [1.807, 2.05) is 13.8 Å². The highest BCUT2D eigenvalue weighted by atomic mass is 16.6. The molecule has 1 aliphatic heterocycles. The summed E-state index contributed by atoms with van der Waals surface area (Å²) in [5.74, 6) is -0.866. The summed E-state index contributed by atoms with van der Waals surface area (Å²) in [5.41, 5.74) is -0.432. The number of rotatable bonds is 9. The number of fused-ring (bicyclic) bond motifs is 1. The molecule has 1 aliphatic rings. The van der Waals surface area contributed by atoms with Crippen LogP contribution in [-0.4, -0.2) is 38.4 Å². The maximum atomic E-state index is 12.9. The smallest absolute Gasteiger partial charge is 0.408 e. The van der Waals surface area contributed by atoms with E-state index in [-0.39, 0.29) is 30.3 Å². The highest BCUT2D eigenvalue weighted by molar-refractivity contribution is 6.07. The van der Waals surface area contributed by atoms with E-state index in [0.717, 1.165) is 12.8 Å². The van der Waals surface area contributed by atoms with Crippen LogP contribution in [0.2, 0.25) is 0 Å². The van der Waals surface area contributed by atoms with Crippen LogP contribution < -0.4 is 11.1 Å². The number of nitro benzene ring substituents is 1. The highest BCUT2D eigenvalue weighted by Crippen LogP contribution is 2.28. The van der Waals surface area contributed by atoms with Gasteiger partial charge in [0.2, 0.25) is 0 Å². The van der Waals surface area contributed by atoms with Gasteiger partial charge in [-0.05, 0) is 25.3 Å². The van der Waals surface area contributed by atoms with Crippen molar-refractivity contribution < 1.29 is 18.9 Å². The standard InChI is InChI=1S/C19H24N4O6/c1-3-8-19(9-4-2)16(24)22(17(25)20-19)11-5-10-21-14-12-13(23(27)28)6-7-15(14)29-18(21)26/h6-7,12H,3-5,8-11H2,1-2H3,(H,20,25). The molecule has 2 heterocycles. The average Bonchev–Trinajstić information content (AvgIpc) is 3.10.